The Labute approximate surface area is 127 Å². The highest BCUT2D eigenvalue weighted by molar-refractivity contribution is 7.89. The van der Waals surface area contributed by atoms with Gasteiger partial charge in [0, 0.05) is 16.4 Å². The molecule has 0 radical (unpaired) electrons. The fraction of sp³-hybridized carbons (Fsp3) is 0.0769. The standard InChI is InChI=1S/C13H13ClFN3O2S/c1-17-21(19,20)13-7-10(16)2-3-12(13)18-11-5-8(14)4-9(15)6-11/h2-7,17-18H,16H2,1H3. The van der Waals surface area contributed by atoms with Gasteiger partial charge in [0.15, 0.2) is 0 Å². The summed E-state index contributed by atoms with van der Waals surface area (Å²) in [6.45, 7) is 0. The average molecular weight is 330 g/mol. The average Bonchev–Trinajstić information content (AvgIpc) is 2.39. The number of halogens is 2. The van der Waals surface area contributed by atoms with E-state index in [1.54, 1.807) is 0 Å². The summed E-state index contributed by atoms with van der Waals surface area (Å²) in [5.74, 6) is -0.529. The fourth-order valence-electron chi connectivity index (χ4n) is 1.76. The monoisotopic (exact) mass is 329 g/mol. The number of sulfonamides is 1. The SMILES string of the molecule is CNS(=O)(=O)c1cc(N)ccc1Nc1cc(F)cc(Cl)c1. The predicted octanol–water partition coefficient (Wildman–Crippen LogP) is 2.71. The molecule has 112 valence electrons. The molecule has 0 heterocycles. The van der Waals surface area contributed by atoms with Crippen LogP contribution in [0.5, 0.6) is 0 Å². The van der Waals surface area contributed by atoms with Gasteiger partial charge in [0.2, 0.25) is 10.0 Å². The Morgan fingerprint density at radius 3 is 2.52 bits per heavy atom. The molecule has 0 aliphatic carbocycles. The van der Waals surface area contributed by atoms with E-state index in [1.165, 1.54) is 37.4 Å². The summed E-state index contributed by atoms with van der Waals surface area (Å²) < 4.78 is 39.5. The van der Waals surface area contributed by atoms with Crippen LogP contribution < -0.4 is 15.8 Å². The van der Waals surface area contributed by atoms with Crippen LogP contribution in [-0.4, -0.2) is 15.5 Å². The van der Waals surface area contributed by atoms with Crippen molar-refractivity contribution in [3.63, 3.8) is 0 Å². The molecule has 21 heavy (non-hydrogen) atoms. The van der Waals surface area contributed by atoms with Crippen LogP contribution in [0.4, 0.5) is 21.5 Å². The second kappa shape index (κ2) is 5.88. The van der Waals surface area contributed by atoms with E-state index in [9.17, 15) is 12.8 Å². The molecule has 2 aromatic carbocycles. The van der Waals surface area contributed by atoms with E-state index in [1.807, 2.05) is 0 Å². The van der Waals surface area contributed by atoms with Crippen molar-refractivity contribution in [3.05, 3.63) is 47.2 Å². The minimum absolute atomic E-state index is 0.0367. The fourth-order valence-corrected chi connectivity index (χ4v) is 2.90. The largest absolute Gasteiger partial charge is 0.399 e. The van der Waals surface area contributed by atoms with Crippen molar-refractivity contribution in [2.24, 2.45) is 0 Å². The van der Waals surface area contributed by atoms with Gasteiger partial charge in [-0.2, -0.15) is 0 Å². The third kappa shape index (κ3) is 3.63. The summed E-state index contributed by atoms with van der Waals surface area (Å²) in [6, 6.07) is 8.20. The van der Waals surface area contributed by atoms with E-state index in [4.69, 9.17) is 17.3 Å². The zero-order valence-corrected chi connectivity index (χ0v) is 12.6. The highest BCUT2D eigenvalue weighted by atomic mass is 35.5. The van der Waals surface area contributed by atoms with E-state index in [0.717, 1.165) is 6.07 Å². The lowest BCUT2D eigenvalue weighted by atomic mass is 10.2. The van der Waals surface area contributed by atoms with Crippen molar-refractivity contribution >= 4 is 38.7 Å². The van der Waals surface area contributed by atoms with Crippen molar-refractivity contribution in [1.82, 2.24) is 4.72 Å². The first-order chi connectivity index (χ1) is 9.81. The molecule has 0 unspecified atom stereocenters. The molecule has 2 rings (SSSR count). The summed E-state index contributed by atoms with van der Waals surface area (Å²) in [5, 5.41) is 3.02. The first-order valence-electron chi connectivity index (χ1n) is 5.88. The number of nitrogen functional groups attached to an aromatic ring is 1. The Morgan fingerprint density at radius 1 is 1.19 bits per heavy atom. The minimum Gasteiger partial charge on any atom is -0.399 e. The van der Waals surface area contributed by atoms with Gasteiger partial charge in [0.05, 0.1) is 5.69 Å². The van der Waals surface area contributed by atoms with Crippen LogP contribution in [0.2, 0.25) is 5.02 Å². The molecule has 5 nitrogen and oxygen atoms in total. The number of nitrogens with two attached hydrogens (primary N) is 1. The van der Waals surface area contributed by atoms with Gasteiger partial charge >= 0.3 is 0 Å². The molecule has 0 amide bonds. The second-order valence-corrected chi connectivity index (χ2v) is 6.54. The van der Waals surface area contributed by atoms with Crippen molar-refractivity contribution in [3.8, 4) is 0 Å². The highest BCUT2D eigenvalue weighted by Gasteiger charge is 2.17. The Morgan fingerprint density at radius 2 is 1.90 bits per heavy atom. The van der Waals surface area contributed by atoms with Gasteiger partial charge in [-0.15, -0.1) is 0 Å². The van der Waals surface area contributed by atoms with Crippen LogP contribution >= 0.6 is 11.6 Å². The Kier molecular flexibility index (Phi) is 4.36. The van der Waals surface area contributed by atoms with Crippen LogP contribution in [0.25, 0.3) is 0 Å². The molecule has 0 saturated carbocycles. The maximum absolute atomic E-state index is 13.3. The molecule has 0 aliphatic rings. The van der Waals surface area contributed by atoms with Crippen LogP contribution in [0, 0.1) is 5.82 Å². The second-order valence-electron chi connectivity index (χ2n) is 4.25. The molecule has 0 fully saturated rings. The Balaban J connectivity index is 2.49. The number of hydrogen-bond acceptors (Lipinski definition) is 4. The summed E-state index contributed by atoms with van der Waals surface area (Å²) in [7, 11) is -2.42. The number of rotatable bonds is 4. The van der Waals surface area contributed by atoms with Crippen LogP contribution in [0.3, 0.4) is 0 Å². The summed E-state index contributed by atoms with van der Waals surface area (Å²) in [4.78, 5) is -0.0367. The molecule has 8 heteroatoms. The number of anilines is 3. The normalized spacial score (nSPS) is 11.4. The van der Waals surface area contributed by atoms with Crippen LogP contribution in [0.15, 0.2) is 41.3 Å². The van der Waals surface area contributed by atoms with Crippen LogP contribution in [-0.2, 0) is 10.0 Å². The molecule has 0 atom stereocenters. The van der Waals surface area contributed by atoms with Crippen molar-refractivity contribution < 1.29 is 12.8 Å². The van der Waals surface area contributed by atoms with E-state index in [-0.39, 0.29) is 15.6 Å². The summed E-state index contributed by atoms with van der Waals surface area (Å²) in [6.07, 6.45) is 0. The molecular weight excluding hydrogens is 317 g/mol. The lowest BCUT2D eigenvalue weighted by Gasteiger charge is -2.13. The molecule has 0 aromatic heterocycles. The molecule has 0 bridgehead atoms. The quantitative estimate of drug-likeness (QED) is 0.753. The first-order valence-corrected chi connectivity index (χ1v) is 7.74. The van der Waals surface area contributed by atoms with Gasteiger partial charge in [-0.1, -0.05) is 11.6 Å². The van der Waals surface area contributed by atoms with E-state index in [2.05, 4.69) is 10.0 Å². The van der Waals surface area contributed by atoms with E-state index in [0.29, 0.717) is 11.4 Å². The number of nitrogens with one attached hydrogen (secondary N) is 2. The van der Waals surface area contributed by atoms with E-state index < -0.39 is 15.8 Å². The van der Waals surface area contributed by atoms with Gasteiger partial charge < -0.3 is 11.1 Å². The zero-order valence-electron chi connectivity index (χ0n) is 11.0. The van der Waals surface area contributed by atoms with Gasteiger partial charge in [-0.25, -0.2) is 17.5 Å². The third-order valence-corrected chi connectivity index (χ3v) is 4.38. The Hall–Kier alpha value is -1.83. The molecular formula is C13H13ClFN3O2S. The molecule has 4 N–H and O–H groups in total. The first kappa shape index (κ1) is 15.6. The maximum Gasteiger partial charge on any atom is 0.242 e. The van der Waals surface area contributed by atoms with E-state index >= 15 is 0 Å². The zero-order chi connectivity index (χ0) is 15.6. The summed E-state index contributed by atoms with van der Waals surface area (Å²) >= 11 is 5.77. The van der Waals surface area contributed by atoms with Gasteiger partial charge in [-0.3, -0.25) is 0 Å². The molecule has 2 aromatic rings. The minimum atomic E-state index is -3.71. The van der Waals surface area contributed by atoms with Gasteiger partial charge in [-0.05, 0) is 43.4 Å². The lowest BCUT2D eigenvalue weighted by Crippen LogP contribution is -2.20. The van der Waals surface area contributed by atoms with Gasteiger partial charge in [0.25, 0.3) is 0 Å². The summed E-state index contributed by atoms with van der Waals surface area (Å²) in [5.41, 5.74) is 6.51. The molecule has 0 saturated heterocycles. The van der Waals surface area contributed by atoms with Crippen LogP contribution in [0.1, 0.15) is 0 Å². The van der Waals surface area contributed by atoms with Crippen molar-refractivity contribution in [1.29, 1.82) is 0 Å². The smallest absolute Gasteiger partial charge is 0.242 e. The number of hydrogen-bond donors (Lipinski definition) is 3. The Bertz CT molecular complexity index is 761. The van der Waals surface area contributed by atoms with Crippen molar-refractivity contribution in [2.45, 2.75) is 4.90 Å². The van der Waals surface area contributed by atoms with Crippen molar-refractivity contribution in [2.75, 3.05) is 18.1 Å². The highest BCUT2D eigenvalue weighted by Crippen LogP contribution is 2.28. The van der Waals surface area contributed by atoms with Gasteiger partial charge in [0.1, 0.15) is 10.7 Å². The topological polar surface area (TPSA) is 84.2 Å². The maximum atomic E-state index is 13.3. The third-order valence-electron chi connectivity index (χ3n) is 2.71. The molecule has 0 spiro atoms. The lowest BCUT2D eigenvalue weighted by molar-refractivity contribution is 0.588. The predicted molar refractivity (Wildman–Crippen MR) is 81.8 cm³/mol. The molecule has 0 aliphatic heterocycles. The number of benzene rings is 2.